The van der Waals surface area contributed by atoms with Crippen molar-refractivity contribution in [3.05, 3.63) is 50.7 Å². The van der Waals surface area contributed by atoms with Gasteiger partial charge in [0, 0.05) is 24.5 Å². The Morgan fingerprint density at radius 3 is 3.06 bits per heavy atom. The summed E-state index contributed by atoms with van der Waals surface area (Å²) >= 11 is 8.20. The first kappa shape index (κ1) is 12.0. The minimum atomic E-state index is 0.531. The Morgan fingerprint density at radius 1 is 1.33 bits per heavy atom. The highest BCUT2D eigenvalue weighted by Gasteiger charge is 2.20. The highest BCUT2D eigenvalue weighted by Crippen LogP contribution is 2.34. The standard InChI is InChI=1S/C14H15ClN2S/c15-12-3-1-2-10(8-16)14(12)17-6-4-13-11(9-17)5-7-18-13/h1-3,5,7H,4,6,8-9,16H2. The lowest BCUT2D eigenvalue weighted by atomic mass is 10.1. The average molecular weight is 279 g/mol. The summed E-state index contributed by atoms with van der Waals surface area (Å²) in [6.45, 7) is 2.49. The van der Waals surface area contributed by atoms with Crippen molar-refractivity contribution in [1.82, 2.24) is 0 Å². The number of hydrogen-bond acceptors (Lipinski definition) is 3. The molecule has 0 saturated carbocycles. The highest BCUT2D eigenvalue weighted by atomic mass is 35.5. The van der Waals surface area contributed by atoms with E-state index in [1.165, 1.54) is 10.4 Å². The van der Waals surface area contributed by atoms with Gasteiger partial charge in [0.2, 0.25) is 0 Å². The molecule has 2 aromatic rings. The number of fused-ring (bicyclic) bond motifs is 1. The minimum absolute atomic E-state index is 0.531. The fraction of sp³-hybridized carbons (Fsp3) is 0.286. The Morgan fingerprint density at radius 2 is 2.22 bits per heavy atom. The lowest BCUT2D eigenvalue weighted by Crippen LogP contribution is -2.30. The van der Waals surface area contributed by atoms with Crippen LogP contribution in [0, 0.1) is 0 Å². The Balaban J connectivity index is 1.97. The van der Waals surface area contributed by atoms with Crippen molar-refractivity contribution in [2.24, 2.45) is 5.73 Å². The average Bonchev–Trinajstić information content (AvgIpc) is 2.85. The van der Waals surface area contributed by atoms with Crippen molar-refractivity contribution in [3.63, 3.8) is 0 Å². The van der Waals surface area contributed by atoms with Crippen molar-refractivity contribution in [3.8, 4) is 0 Å². The van der Waals surface area contributed by atoms with E-state index in [0.29, 0.717) is 6.54 Å². The molecular weight excluding hydrogens is 264 g/mol. The number of anilines is 1. The molecule has 2 N–H and O–H groups in total. The summed E-state index contributed by atoms with van der Waals surface area (Å²) in [4.78, 5) is 3.85. The van der Waals surface area contributed by atoms with E-state index in [1.54, 1.807) is 0 Å². The van der Waals surface area contributed by atoms with E-state index < -0.39 is 0 Å². The van der Waals surface area contributed by atoms with Gasteiger partial charge in [-0.1, -0.05) is 23.7 Å². The van der Waals surface area contributed by atoms with Crippen LogP contribution in [-0.2, 0) is 19.5 Å². The van der Waals surface area contributed by atoms with Gasteiger partial charge in [0.25, 0.3) is 0 Å². The predicted molar refractivity (Wildman–Crippen MR) is 78.4 cm³/mol. The van der Waals surface area contributed by atoms with Crippen LogP contribution < -0.4 is 10.6 Å². The van der Waals surface area contributed by atoms with Crippen LogP contribution in [0.25, 0.3) is 0 Å². The number of hydrogen-bond donors (Lipinski definition) is 1. The molecule has 0 amide bonds. The quantitative estimate of drug-likeness (QED) is 0.912. The molecule has 1 aliphatic rings. The zero-order valence-corrected chi connectivity index (χ0v) is 11.6. The Hall–Kier alpha value is -1.03. The molecule has 0 aliphatic carbocycles. The fourth-order valence-electron chi connectivity index (χ4n) is 2.52. The second-order valence-corrected chi connectivity index (χ2v) is 5.90. The van der Waals surface area contributed by atoms with Crippen LogP contribution in [0.1, 0.15) is 16.0 Å². The molecule has 1 aromatic carbocycles. The third-order valence-corrected chi connectivity index (χ3v) is 4.74. The zero-order valence-electron chi connectivity index (χ0n) is 10.0. The highest BCUT2D eigenvalue weighted by molar-refractivity contribution is 7.10. The van der Waals surface area contributed by atoms with Gasteiger partial charge in [0.15, 0.2) is 0 Å². The zero-order chi connectivity index (χ0) is 12.5. The second kappa shape index (κ2) is 4.92. The molecule has 3 rings (SSSR count). The minimum Gasteiger partial charge on any atom is -0.365 e. The lowest BCUT2D eigenvalue weighted by molar-refractivity contribution is 0.738. The predicted octanol–water partition coefficient (Wildman–Crippen LogP) is 3.42. The van der Waals surface area contributed by atoms with E-state index >= 15 is 0 Å². The smallest absolute Gasteiger partial charge is 0.0643 e. The first-order chi connectivity index (χ1) is 8.79. The monoisotopic (exact) mass is 278 g/mol. The third kappa shape index (κ3) is 2.03. The number of para-hydroxylation sites is 1. The number of rotatable bonds is 2. The number of benzene rings is 1. The largest absolute Gasteiger partial charge is 0.365 e. The maximum Gasteiger partial charge on any atom is 0.0643 e. The summed E-state index contributed by atoms with van der Waals surface area (Å²) in [6, 6.07) is 8.18. The van der Waals surface area contributed by atoms with Crippen LogP contribution in [0.2, 0.25) is 5.02 Å². The summed E-state index contributed by atoms with van der Waals surface area (Å²) in [6.07, 6.45) is 1.10. The van der Waals surface area contributed by atoms with E-state index in [9.17, 15) is 0 Å². The summed E-state index contributed by atoms with van der Waals surface area (Å²) in [7, 11) is 0. The summed E-state index contributed by atoms with van der Waals surface area (Å²) in [5, 5.41) is 2.97. The summed E-state index contributed by atoms with van der Waals surface area (Å²) in [5.74, 6) is 0. The molecule has 0 fully saturated rings. The topological polar surface area (TPSA) is 29.3 Å². The molecule has 94 valence electrons. The van der Waals surface area contributed by atoms with E-state index in [-0.39, 0.29) is 0 Å². The molecule has 0 bridgehead atoms. The third-order valence-electron chi connectivity index (χ3n) is 3.41. The first-order valence-corrected chi connectivity index (χ1v) is 7.33. The van der Waals surface area contributed by atoms with Crippen LogP contribution in [0.5, 0.6) is 0 Å². The van der Waals surface area contributed by atoms with Gasteiger partial charge in [-0.05, 0) is 35.1 Å². The molecule has 0 spiro atoms. The maximum atomic E-state index is 6.35. The molecule has 0 saturated heterocycles. The van der Waals surface area contributed by atoms with Crippen LogP contribution in [-0.4, -0.2) is 6.54 Å². The molecule has 0 atom stereocenters. The van der Waals surface area contributed by atoms with Gasteiger partial charge in [0.1, 0.15) is 0 Å². The van der Waals surface area contributed by atoms with Crippen LogP contribution in [0.3, 0.4) is 0 Å². The molecule has 4 heteroatoms. The van der Waals surface area contributed by atoms with Gasteiger partial charge >= 0.3 is 0 Å². The maximum absolute atomic E-state index is 6.35. The normalized spacial score (nSPS) is 14.7. The van der Waals surface area contributed by atoms with Gasteiger partial charge in [-0.3, -0.25) is 0 Å². The van der Waals surface area contributed by atoms with E-state index in [4.69, 9.17) is 17.3 Å². The number of nitrogens with two attached hydrogens (primary N) is 1. The van der Waals surface area contributed by atoms with Crippen molar-refractivity contribution in [2.75, 3.05) is 11.4 Å². The summed E-state index contributed by atoms with van der Waals surface area (Å²) in [5.41, 5.74) is 9.48. The number of halogens is 1. The van der Waals surface area contributed by atoms with Gasteiger partial charge in [-0.2, -0.15) is 0 Å². The van der Waals surface area contributed by atoms with Crippen molar-refractivity contribution >= 4 is 28.6 Å². The number of nitrogens with zero attached hydrogens (tertiary/aromatic N) is 1. The molecule has 0 unspecified atom stereocenters. The van der Waals surface area contributed by atoms with Crippen molar-refractivity contribution < 1.29 is 0 Å². The molecule has 18 heavy (non-hydrogen) atoms. The van der Waals surface area contributed by atoms with Gasteiger partial charge in [0.05, 0.1) is 10.7 Å². The SMILES string of the molecule is NCc1cccc(Cl)c1N1CCc2sccc2C1. The van der Waals surface area contributed by atoms with E-state index in [2.05, 4.69) is 22.4 Å². The fourth-order valence-corrected chi connectivity index (χ4v) is 3.72. The molecule has 1 aromatic heterocycles. The van der Waals surface area contributed by atoms with E-state index in [0.717, 1.165) is 35.8 Å². The van der Waals surface area contributed by atoms with Gasteiger partial charge < -0.3 is 10.6 Å². The summed E-state index contributed by atoms with van der Waals surface area (Å²) < 4.78 is 0. The van der Waals surface area contributed by atoms with Gasteiger partial charge in [-0.15, -0.1) is 11.3 Å². The lowest BCUT2D eigenvalue weighted by Gasteiger charge is -2.31. The Bertz CT molecular complexity index is 565. The van der Waals surface area contributed by atoms with Crippen LogP contribution in [0.4, 0.5) is 5.69 Å². The van der Waals surface area contributed by atoms with E-state index in [1.807, 2.05) is 23.5 Å². The Kier molecular flexibility index (Phi) is 3.29. The van der Waals surface area contributed by atoms with Crippen molar-refractivity contribution in [1.29, 1.82) is 0 Å². The van der Waals surface area contributed by atoms with Crippen molar-refractivity contribution in [2.45, 2.75) is 19.5 Å². The molecule has 2 nitrogen and oxygen atoms in total. The second-order valence-electron chi connectivity index (χ2n) is 4.49. The molecule has 1 aliphatic heterocycles. The first-order valence-electron chi connectivity index (χ1n) is 6.07. The van der Waals surface area contributed by atoms with Gasteiger partial charge in [-0.25, -0.2) is 0 Å². The molecular formula is C14H15ClN2S. The Labute approximate surface area is 116 Å². The van der Waals surface area contributed by atoms with Crippen LogP contribution >= 0.6 is 22.9 Å². The molecule has 2 heterocycles. The number of thiophene rings is 1. The van der Waals surface area contributed by atoms with Crippen LogP contribution in [0.15, 0.2) is 29.6 Å². The molecule has 0 radical (unpaired) electrons.